The highest BCUT2D eigenvalue weighted by molar-refractivity contribution is 7.22. The Labute approximate surface area is 311 Å². The number of nitrogens with zero attached hydrogens (tertiary/aromatic N) is 6. The van der Waals surface area contributed by atoms with Crippen molar-refractivity contribution in [3.8, 4) is 21.8 Å². The maximum atomic E-state index is 12.9. The number of piperidine rings is 1. The number of halogens is 1. The Morgan fingerprint density at radius 2 is 1.73 bits per heavy atom. The number of carbonyl (C=O) groups excluding carboxylic acids is 2. The van der Waals surface area contributed by atoms with Crippen LogP contribution in [0.25, 0.3) is 43.1 Å². The molecule has 2 aliphatic heterocycles. The van der Waals surface area contributed by atoms with E-state index in [0.717, 1.165) is 71.6 Å². The Balaban J connectivity index is 1.28. The Morgan fingerprint density at radius 1 is 1.04 bits per heavy atom. The maximum absolute atomic E-state index is 12.9. The van der Waals surface area contributed by atoms with Crippen LogP contribution in [0.5, 0.6) is 0 Å². The number of fused-ring (bicyclic) bond motifs is 2. The van der Waals surface area contributed by atoms with Crippen LogP contribution in [0, 0.1) is 6.92 Å². The summed E-state index contributed by atoms with van der Waals surface area (Å²) < 4.78 is 8.50. The average Bonchev–Trinajstić information content (AvgIpc) is 3.68. The van der Waals surface area contributed by atoms with Gasteiger partial charge in [0.15, 0.2) is 6.10 Å². The molecule has 0 aliphatic carbocycles. The lowest BCUT2D eigenvalue weighted by Crippen LogP contribution is -2.62. The van der Waals surface area contributed by atoms with E-state index >= 15 is 0 Å². The smallest absolute Gasteiger partial charge is 0.337 e. The average molecular weight is 743 g/mol. The first-order valence-electron chi connectivity index (χ1n) is 17.8. The van der Waals surface area contributed by atoms with Crippen molar-refractivity contribution in [1.82, 2.24) is 29.5 Å². The number of pyridine rings is 1. The van der Waals surface area contributed by atoms with Crippen molar-refractivity contribution in [3.63, 3.8) is 0 Å². The summed E-state index contributed by atoms with van der Waals surface area (Å²) in [6.45, 7) is 14.1. The van der Waals surface area contributed by atoms with Gasteiger partial charge in [-0.1, -0.05) is 30.7 Å². The third kappa shape index (κ3) is 6.84. The number of thiazole rings is 1. The molecule has 272 valence electrons. The second kappa shape index (κ2) is 14.0. The van der Waals surface area contributed by atoms with E-state index in [1.54, 1.807) is 12.1 Å². The predicted molar refractivity (Wildman–Crippen MR) is 203 cm³/mol. The van der Waals surface area contributed by atoms with Crippen molar-refractivity contribution >= 4 is 62.0 Å². The summed E-state index contributed by atoms with van der Waals surface area (Å²) in [6.07, 6.45) is 1.02. The Morgan fingerprint density at radius 3 is 2.35 bits per heavy atom. The fourth-order valence-electron chi connectivity index (χ4n) is 7.51. The van der Waals surface area contributed by atoms with Gasteiger partial charge in [-0.3, -0.25) is 14.5 Å². The van der Waals surface area contributed by atoms with Crippen molar-refractivity contribution in [3.05, 3.63) is 64.3 Å². The molecule has 1 atom stereocenters. The van der Waals surface area contributed by atoms with Gasteiger partial charge in [-0.15, -0.1) is 11.3 Å². The van der Waals surface area contributed by atoms with Crippen LogP contribution in [0.1, 0.15) is 87.5 Å². The highest BCUT2D eigenvalue weighted by Gasteiger charge is 2.37. The lowest BCUT2D eigenvalue weighted by Gasteiger charge is -2.47. The molecule has 13 heteroatoms. The van der Waals surface area contributed by atoms with Crippen LogP contribution >= 0.6 is 22.9 Å². The lowest BCUT2D eigenvalue weighted by molar-refractivity contribution is -0.160. The van der Waals surface area contributed by atoms with Gasteiger partial charge in [0, 0.05) is 54.5 Å². The van der Waals surface area contributed by atoms with Gasteiger partial charge in [0.1, 0.15) is 16.0 Å². The molecule has 2 aliphatic rings. The van der Waals surface area contributed by atoms with E-state index in [-0.39, 0.29) is 17.7 Å². The van der Waals surface area contributed by atoms with Crippen LogP contribution in [-0.2, 0) is 14.3 Å². The molecule has 52 heavy (non-hydrogen) atoms. The first kappa shape index (κ1) is 36.1. The molecule has 7 rings (SSSR count). The quantitative estimate of drug-likeness (QED) is 0.170. The molecule has 2 fully saturated rings. The standard InChI is InChI=1S/C39H43ClN6O5S/c1-7-30(48)45-19-26(20-45)44-16-14-24(15-17-44)34-33-27(43-46(34)22(3)47)12-13-28(41-33)37-42-29-18-21(2)31(35(38(49)50)51-39(4,5)6)32(36(29)52-37)23-8-10-25(40)11-9-23/h8-13,18,24,26,35H,7,14-17,19-20H2,1-6H3,(H,49,50)/t35-/m0/s1. The Hall–Kier alpha value is -4.23. The molecular formula is C39H43ClN6O5S. The molecule has 2 aromatic carbocycles. The second-order valence-electron chi connectivity index (χ2n) is 14.8. The number of aromatic nitrogens is 4. The number of aryl methyl sites for hydroxylation is 1. The van der Waals surface area contributed by atoms with Crippen LogP contribution in [0.4, 0.5) is 0 Å². The number of hydrogen-bond acceptors (Lipinski definition) is 9. The predicted octanol–water partition coefficient (Wildman–Crippen LogP) is 7.74. The van der Waals surface area contributed by atoms with E-state index < -0.39 is 17.7 Å². The van der Waals surface area contributed by atoms with Crippen LogP contribution in [0.15, 0.2) is 42.5 Å². The molecule has 0 bridgehead atoms. The molecule has 1 N–H and O–H groups in total. The van der Waals surface area contributed by atoms with Crippen molar-refractivity contribution < 1.29 is 24.2 Å². The molecule has 1 amide bonds. The number of carbonyl (C=O) groups is 3. The van der Waals surface area contributed by atoms with Crippen molar-refractivity contribution in [1.29, 1.82) is 0 Å². The maximum Gasteiger partial charge on any atom is 0.337 e. The minimum Gasteiger partial charge on any atom is -0.479 e. The highest BCUT2D eigenvalue weighted by atomic mass is 35.5. The molecule has 3 aromatic heterocycles. The number of rotatable bonds is 8. The zero-order valence-corrected chi connectivity index (χ0v) is 31.8. The van der Waals surface area contributed by atoms with Gasteiger partial charge in [0.05, 0.1) is 27.2 Å². The minimum atomic E-state index is -1.22. The SMILES string of the molecule is CCC(=O)N1CC(N2CCC(c3c4nc(-c5nc6cc(C)c([C@H](OC(C)(C)C)C(=O)O)c(-c7ccc(Cl)cc7)c6s5)ccc4nn3C(C)=O)CC2)C1. The monoisotopic (exact) mass is 742 g/mol. The largest absolute Gasteiger partial charge is 0.479 e. The van der Waals surface area contributed by atoms with Gasteiger partial charge in [-0.2, -0.15) is 5.10 Å². The number of carboxylic acid groups (broad SMARTS) is 1. The number of ether oxygens (including phenoxy) is 1. The normalized spacial score (nSPS) is 16.8. The van der Waals surface area contributed by atoms with Crippen LogP contribution in [0.2, 0.25) is 5.02 Å². The summed E-state index contributed by atoms with van der Waals surface area (Å²) >= 11 is 7.72. The second-order valence-corrected chi connectivity index (χ2v) is 16.2. The third-order valence-electron chi connectivity index (χ3n) is 10.0. The summed E-state index contributed by atoms with van der Waals surface area (Å²) in [6, 6.07) is 13.4. The summed E-state index contributed by atoms with van der Waals surface area (Å²) in [4.78, 5) is 52.3. The van der Waals surface area contributed by atoms with Crippen molar-refractivity contribution in [2.24, 2.45) is 0 Å². The van der Waals surface area contributed by atoms with Crippen LogP contribution < -0.4 is 0 Å². The van der Waals surface area contributed by atoms with Gasteiger partial charge >= 0.3 is 5.97 Å². The molecule has 5 aromatic rings. The van der Waals surface area contributed by atoms with Gasteiger partial charge in [-0.25, -0.2) is 19.4 Å². The third-order valence-corrected chi connectivity index (χ3v) is 11.4. The topological polar surface area (TPSA) is 131 Å². The van der Waals surface area contributed by atoms with E-state index in [1.165, 1.54) is 22.9 Å². The van der Waals surface area contributed by atoms with E-state index in [0.29, 0.717) is 44.8 Å². The van der Waals surface area contributed by atoms with E-state index in [9.17, 15) is 19.5 Å². The van der Waals surface area contributed by atoms with E-state index in [4.69, 9.17) is 26.3 Å². The van der Waals surface area contributed by atoms with E-state index in [1.807, 2.05) is 69.9 Å². The fourth-order valence-corrected chi connectivity index (χ4v) is 8.73. The van der Waals surface area contributed by atoms with E-state index in [2.05, 4.69) is 10.00 Å². The summed E-state index contributed by atoms with van der Waals surface area (Å²) in [5, 5.41) is 16.4. The summed E-state index contributed by atoms with van der Waals surface area (Å²) in [5.74, 6) is -0.944. The molecule has 2 saturated heterocycles. The summed E-state index contributed by atoms with van der Waals surface area (Å²) in [5.41, 5.74) is 5.66. The summed E-state index contributed by atoms with van der Waals surface area (Å²) in [7, 11) is 0. The molecule has 0 radical (unpaired) electrons. The number of likely N-dealkylation sites (tertiary alicyclic amines) is 2. The molecule has 11 nitrogen and oxygen atoms in total. The van der Waals surface area contributed by atoms with Crippen LogP contribution in [-0.4, -0.2) is 90.3 Å². The Kier molecular flexibility index (Phi) is 9.70. The highest BCUT2D eigenvalue weighted by Crippen LogP contribution is 2.45. The lowest BCUT2D eigenvalue weighted by atomic mass is 9.90. The number of amides is 1. The van der Waals surface area contributed by atoms with Crippen molar-refractivity contribution in [2.75, 3.05) is 26.2 Å². The van der Waals surface area contributed by atoms with Gasteiger partial charge in [-0.05, 0) is 95.1 Å². The van der Waals surface area contributed by atoms with Gasteiger partial charge in [0.2, 0.25) is 11.8 Å². The zero-order valence-electron chi connectivity index (χ0n) is 30.3. The van der Waals surface area contributed by atoms with Crippen molar-refractivity contribution in [2.45, 2.75) is 84.5 Å². The van der Waals surface area contributed by atoms with Gasteiger partial charge in [0.25, 0.3) is 0 Å². The number of carboxylic acids is 1. The number of hydrogen-bond donors (Lipinski definition) is 1. The van der Waals surface area contributed by atoms with Gasteiger partial charge < -0.3 is 14.7 Å². The number of benzene rings is 2. The Bertz CT molecular complexity index is 2190. The first-order valence-corrected chi connectivity index (χ1v) is 18.9. The minimum absolute atomic E-state index is 0.0919. The zero-order chi connectivity index (χ0) is 37.1. The molecule has 0 unspecified atom stereocenters. The fraction of sp³-hybridized carbons (Fsp3) is 0.436. The molecule has 0 saturated carbocycles. The molecule has 5 heterocycles. The number of aliphatic carboxylic acids is 1. The van der Waals surface area contributed by atoms with Crippen LogP contribution in [0.3, 0.4) is 0 Å². The first-order chi connectivity index (χ1) is 24.7. The molecular weight excluding hydrogens is 700 g/mol. The molecule has 0 spiro atoms.